The zero-order valence-electron chi connectivity index (χ0n) is 13.0. The van der Waals surface area contributed by atoms with Gasteiger partial charge in [-0.3, -0.25) is 14.4 Å². The van der Waals surface area contributed by atoms with Crippen LogP contribution in [0.5, 0.6) is 0 Å². The second kappa shape index (κ2) is 7.67. The molecule has 0 aliphatic heterocycles. The molecule has 114 valence electrons. The number of primary amides is 1. The normalized spacial score (nSPS) is 11.9. The van der Waals surface area contributed by atoms with Gasteiger partial charge in [0, 0.05) is 20.5 Å². The van der Waals surface area contributed by atoms with Crippen LogP contribution in [0.1, 0.15) is 33.6 Å². The molecule has 0 radical (unpaired) electrons. The molecule has 0 bridgehead atoms. The zero-order chi connectivity index (χ0) is 16.0. The maximum absolute atomic E-state index is 12.3. The molecule has 0 aromatic heterocycles. The lowest BCUT2D eigenvalue weighted by atomic mass is 10.0. The van der Waals surface area contributed by atoms with Gasteiger partial charge < -0.3 is 15.5 Å². The van der Waals surface area contributed by atoms with Gasteiger partial charge in [-0.15, -0.1) is 0 Å². The van der Waals surface area contributed by atoms with Crippen molar-refractivity contribution >= 4 is 17.7 Å². The van der Waals surface area contributed by atoms with E-state index >= 15 is 0 Å². The molecule has 3 amide bonds. The maximum atomic E-state index is 12.3. The summed E-state index contributed by atoms with van der Waals surface area (Å²) in [7, 11) is 2.99. The van der Waals surface area contributed by atoms with Crippen LogP contribution in [0, 0.1) is 5.92 Å². The van der Waals surface area contributed by atoms with Gasteiger partial charge in [0.25, 0.3) is 5.91 Å². The van der Waals surface area contributed by atoms with Gasteiger partial charge in [0.15, 0.2) is 0 Å². The Balaban J connectivity index is 5.01. The van der Waals surface area contributed by atoms with E-state index in [9.17, 15) is 14.4 Å². The van der Waals surface area contributed by atoms with E-state index < -0.39 is 17.9 Å². The summed E-state index contributed by atoms with van der Waals surface area (Å²) >= 11 is 0. The highest BCUT2D eigenvalue weighted by Crippen LogP contribution is 2.13. The third-order valence-electron chi connectivity index (χ3n) is 3.15. The summed E-state index contributed by atoms with van der Waals surface area (Å²) in [5.74, 6) is -1.36. The minimum absolute atomic E-state index is 0.0397. The Labute approximate surface area is 120 Å². The van der Waals surface area contributed by atoms with Crippen LogP contribution in [-0.4, -0.2) is 47.7 Å². The molecule has 20 heavy (non-hydrogen) atoms. The fourth-order valence-corrected chi connectivity index (χ4v) is 1.97. The number of carbonyl (C=O) groups is 3. The minimum atomic E-state index is -0.728. The molecule has 6 nitrogen and oxygen atoms in total. The highest BCUT2D eigenvalue weighted by molar-refractivity contribution is 5.99. The second-order valence-corrected chi connectivity index (χ2v) is 5.16. The fourth-order valence-electron chi connectivity index (χ4n) is 1.97. The first kappa shape index (κ1) is 18.1. The number of nitrogens with two attached hydrogens (primary N) is 1. The van der Waals surface area contributed by atoms with Crippen molar-refractivity contribution in [2.45, 2.75) is 39.7 Å². The molecule has 0 aromatic carbocycles. The van der Waals surface area contributed by atoms with Crippen LogP contribution in [0.25, 0.3) is 0 Å². The monoisotopic (exact) mass is 283 g/mol. The Hall–Kier alpha value is -1.85. The molecule has 6 heteroatoms. The van der Waals surface area contributed by atoms with Crippen LogP contribution in [-0.2, 0) is 14.4 Å². The topological polar surface area (TPSA) is 83.7 Å². The molecule has 0 fully saturated rings. The maximum Gasteiger partial charge on any atom is 0.270 e. The summed E-state index contributed by atoms with van der Waals surface area (Å²) in [5, 5.41) is 0. The summed E-state index contributed by atoms with van der Waals surface area (Å²) in [6.07, 6.45) is 1.03. The van der Waals surface area contributed by atoms with Crippen LogP contribution in [0.2, 0.25) is 0 Å². The summed E-state index contributed by atoms with van der Waals surface area (Å²) in [6, 6.07) is -0.728. The number of hydrogen-bond donors (Lipinski definition) is 1. The molecular formula is C14H25N3O3. The number of carbonyl (C=O) groups excluding carboxylic acids is 3. The number of rotatable bonds is 7. The average Bonchev–Trinajstić information content (AvgIpc) is 2.35. The van der Waals surface area contributed by atoms with Crippen LogP contribution in [0.15, 0.2) is 12.3 Å². The number of likely N-dealkylation sites (N-methyl/N-ethyl adjacent to an activating group) is 2. The minimum Gasteiger partial charge on any atom is -0.368 e. The van der Waals surface area contributed by atoms with E-state index in [4.69, 9.17) is 5.73 Å². The first-order chi connectivity index (χ1) is 9.14. The van der Waals surface area contributed by atoms with Crippen molar-refractivity contribution in [1.82, 2.24) is 9.80 Å². The predicted molar refractivity (Wildman–Crippen MR) is 77.4 cm³/mol. The summed E-state index contributed by atoms with van der Waals surface area (Å²) in [4.78, 5) is 37.9. The van der Waals surface area contributed by atoms with Crippen LogP contribution in [0.3, 0.4) is 0 Å². The molecule has 0 unspecified atom stereocenters. The molecule has 0 spiro atoms. The van der Waals surface area contributed by atoms with Gasteiger partial charge in [0.05, 0.1) is 0 Å². The van der Waals surface area contributed by atoms with Gasteiger partial charge in [-0.2, -0.15) is 0 Å². The van der Waals surface area contributed by atoms with Crippen molar-refractivity contribution in [3.8, 4) is 0 Å². The van der Waals surface area contributed by atoms with Gasteiger partial charge in [-0.25, -0.2) is 0 Å². The molecule has 0 saturated heterocycles. The molecule has 0 aliphatic rings. The Morgan fingerprint density at radius 3 is 2.05 bits per heavy atom. The average molecular weight is 283 g/mol. The third-order valence-corrected chi connectivity index (χ3v) is 3.15. The van der Waals surface area contributed by atoms with Gasteiger partial charge in [0.2, 0.25) is 11.8 Å². The predicted octanol–water partition coefficient (Wildman–Crippen LogP) is 0.727. The molecule has 1 atom stereocenters. The van der Waals surface area contributed by atoms with Gasteiger partial charge in [-0.05, 0) is 12.3 Å². The van der Waals surface area contributed by atoms with E-state index in [-0.39, 0.29) is 17.5 Å². The summed E-state index contributed by atoms with van der Waals surface area (Å²) < 4.78 is 0. The Morgan fingerprint density at radius 1 is 1.20 bits per heavy atom. The van der Waals surface area contributed by atoms with Crippen molar-refractivity contribution in [2.24, 2.45) is 11.7 Å². The highest BCUT2D eigenvalue weighted by atomic mass is 16.2. The quantitative estimate of drug-likeness (QED) is 0.699. The van der Waals surface area contributed by atoms with Crippen molar-refractivity contribution in [3.05, 3.63) is 12.3 Å². The largest absolute Gasteiger partial charge is 0.368 e. The molecule has 0 aromatic rings. The molecule has 0 saturated carbocycles. The van der Waals surface area contributed by atoms with Crippen LogP contribution >= 0.6 is 0 Å². The van der Waals surface area contributed by atoms with E-state index in [1.807, 2.05) is 6.92 Å². The summed E-state index contributed by atoms with van der Waals surface area (Å²) in [6.45, 7) is 9.12. The SMILES string of the molecule is C=C(C(=O)N(C)[C@H](C(N)=O)C(C)C)N(C)C(=O)CCC. The van der Waals surface area contributed by atoms with Crippen molar-refractivity contribution in [3.63, 3.8) is 0 Å². The van der Waals surface area contributed by atoms with Crippen molar-refractivity contribution in [1.29, 1.82) is 0 Å². The Kier molecular flexibility index (Phi) is 6.96. The molecule has 0 heterocycles. The Bertz CT molecular complexity index is 404. The van der Waals surface area contributed by atoms with E-state index in [0.717, 1.165) is 0 Å². The first-order valence-corrected chi connectivity index (χ1v) is 6.67. The van der Waals surface area contributed by atoms with E-state index in [1.54, 1.807) is 13.8 Å². The molecule has 0 aliphatic carbocycles. The fraction of sp³-hybridized carbons (Fsp3) is 0.643. The van der Waals surface area contributed by atoms with E-state index in [0.29, 0.717) is 12.8 Å². The standard InChI is InChI=1S/C14H25N3O3/c1-7-8-11(18)16(5)10(4)14(20)17(6)12(9(2)3)13(15)19/h9,12H,4,7-8H2,1-3,5-6H3,(H2,15,19)/t12-/m0/s1. The third kappa shape index (κ3) is 4.36. The zero-order valence-corrected chi connectivity index (χ0v) is 13.0. The van der Waals surface area contributed by atoms with Gasteiger partial charge in [0.1, 0.15) is 11.7 Å². The smallest absolute Gasteiger partial charge is 0.270 e. The molecule has 2 N–H and O–H groups in total. The van der Waals surface area contributed by atoms with Gasteiger partial charge >= 0.3 is 0 Å². The second-order valence-electron chi connectivity index (χ2n) is 5.16. The van der Waals surface area contributed by atoms with E-state index in [1.165, 1.54) is 23.9 Å². The summed E-state index contributed by atoms with van der Waals surface area (Å²) in [5.41, 5.74) is 5.36. The molecule has 0 rings (SSSR count). The molecular weight excluding hydrogens is 258 g/mol. The Morgan fingerprint density at radius 2 is 1.70 bits per heavy atom. The van der Waals surface area contributed by atoms with Crippen molar-refractivity contribution in [2.75, 3.05) is 14.1 Å². The highest BCUT2D eigenvalue weighted by Gasteiger charge is 2.30. The van der Waals surface area contributed by atoms with Crippen LogP contribution in [0.4, 0.5) is 0 Å². The first-order valence-electron chi connectivity index (χ1n) is 6.67. The lowest BCUT2D eigenvalue weighted by Crippen LogP contribution is -2.50. The lowest BCUT2D eigenvalue weighted by molar-refractivity contribution is -0.139. The van der Waals surface area contributed by atoms with E-state index in [2.05, 4.69) is 6.58 Å². The van der Waals surface area contributed by atoms with Crippen LogP contribution < -0.4 is 5.73 Å². The number of nitrogens with zero attached hydrogens (tertiary/aromatic N) is 2. The van der Waals surface area contributed by atoms with Crippen molar-refractivity contribution < 1.29 is 14.4 Å². The lowest BCUT2D eigenvalue weighted by Gasteiger charge is -2.31. The number of hydrogen-bond acceptors (Lipinski definition) is 3. The van der Waals surface area contributed by atoms with Gasteiger partial charge in [-0.1, -0.05) is 27.4 Å². The number of amides is 3.